The van der Waals surface area contributed by atoms with Crippen LogP contribution >= 0.6 is 0 Å². The Bertz CT molecular complexity index is 810. The molecule has 6 heteroatoms. The van der Waals surface area contributed by atoms with Crippen molar-refractivity contribution in [2.24, 2.45) is 10.9 Å². The molecule has 0 saturated carbocycles. The highest BCUT2D eigenvalue weighted by atomic mass is 16.5. The molecule has 1 aliphatic rings. The van der Waals surface area contributed by atoms with Gasteiger partial charge in [0, 0.05) is 57.6 Å². The lowest BCUT2D eigenvalue weighted by molar-refractivity contribution is 0.382. The lowest BCUT2D eigenvalue weighted by Crippen LogP contribution is -2.41. The van der Waals surface area contributed by atoms with Gasteiger partial charge in [-0.3, -0.25) is 4.99 Å². The molecule has 0 spiro atoms. The molecule has 3 rings (SSSR count). The van der Waals surface area contributed by atoms with Gasteiger partial charge in [0.15, 0.2) is 5.96 Å². The van der Waals surface area contributed by atoms with E-state index < -0.39 is 0 Å². The molecule has 2 aromatic carbocycles. The molecule has 156 valence electrons. The maximum atomic E-state index is 5.52. The first-order valence-electron chi connectivity index (χ1n) is 10.1. The smallest absolute Gasteiger partial charge is 0.193 e. The van der Waals surface area contributed by atoms with E-state index >= 15 is 0 Å². The molecule has 1 atom stereocenters. The van der Waals surface area contributed by atoms with E-state index in [9.17, 15) is 0 Å². The van der Waals surface area contributed by atoms with Crippen LogP contribution in [0.15, 0.2) is 53.5 Å². The molecule has 0 bridgehead atoms. The van der Waals surface area contributed by atoms with Gasteiger partial charge in [0.25, 0.3) is 0 Å². The molecule has 1 aliphatic heterocycles. The van der Waals surface area contributed by atoms with Crippen LogP contribution in [-0.2, 0) is 6.54 Å². The van der Waals surface area contributed by atoms with E-state index in [1.54, 1.807) is 14.2 Å². The molecule has 1 unspecified atom stereocenters. The number of ether oxygens (including phenoxy) is 2. The SMILES string of the molecule is CN=C(NCC1CCN(c2ccccc2)C1)N(C)Cc1ccc(OC)cc1OC. The predicted octanol–water partition coefficient (Wildman–Crippen LogP) is 3.24. The monoisotopic (exact) mass is 396 g/mol. The summed E-state index contributed by atoms with van der Waals surface area (Å²) >= 11 is 0. The van der Waals surface area contributed by atoms with Crippen LogP contribution in [0.5, 0.6) is 11.5 Å². The Morgan fingerprint density at radius 1 is 1.17 bits per heavy atom. The zero-order valence-electron chi connectivity index (χ0n) is 17.9. The van der Waals surface area contributed by atoms with Crippen molar-refractivity contribution in [1.29, 1.82) is 0 Å². The molecule has 1 saturated heterocycles. The lowest BCUT2D eigenvalue weighted by Gasteiger charge is -2.24. The number of benzene rings is 2. The van der Waals surface area contributed by atoms with Gasteiger partial charge in [0.2, 0.25) is 0 Å². The minimum Gasteiger partial charge on any atom is -0.497 e. The van der Waals surface area contributed by atoms with E-state index in [0.29, 0.717) is 12.5 Å². The van der Waals surface area contributed by atoms with Gasteiger partial charge in [-0.15, -0.1) is 0 Å². The predicted molar refractivity (Wildman–Crippen MR) is 119 cm³/mol. The highest BCUT2D eigenvalue weighted by Gasteiger charge is 2.23. The fourth-order valence-corrected chi connectivity index (χ4v) is 3.81. The zero-order chi connectivity index (χ0) is 20.6. The van der Waals surface area contributed by atoms with Gasteiger partial charge in [0.1, 0.15) is 11.5 Å². The largest absolute Gasteiger partial charge is 0.497 e. The maximum Gasteiger partial charge on any atom is 0.193 e. The summed E-state index contributed by atoms with van der Waals surface area (Å²) in [7, 11) is 7.22. The molecule has 0 radical (unpaired) electrons. The number of hydrogen-bond donors (Lipinski definition) is 1. The third-order valence-corrected chi connectivity index (χ3v) is 5.43. The first-order valence-corrected chi connectivity index (χ1v) is 10.1. The molecule has 0 aliphatic carbocycles. The maximum absolute atomic E-state index is 5.52. The van der Waals surface area contributed by atoms with Crippen molar-refractivity contribution in [2.75, 3.05) is 52.8 Å². The van der Waals surface area contributed by atoms with Gasteiger partial charge in [-0.25, -0.2) is 0 Å². The van der Waals surface area contributed by atoms with E-state index in [2.05, 4.69) is 50.4 Å². The van der Waals surface area contributed by atoms with Crippen LogP contribution in [0.1, 0.15) is 12.0 Å². The van der Waals surface area contributed by atoms with Crippen molar-refractivity contribution in [3.05, 3.63) is 54.1 Å². The molecular formula is C23H32N4O2. The Morgan fingerprint density at radius 3 is 2.66 bits per heavy atom. The summed E-state index contributed by atoms with van der Waals surface area (Å²) in [6.45, 7) is 3.80. The summed E-state index contributed by atoms with van der Waals surface area (Å²) < 4.78 is 10.8. The number of anilines is 1. The van der Waals surface area contributed by atoms with Crippen molar-refractivity contribution in [1.82, 2.24) is 10.2 Å². The van der Waals surface area contributed by atoms with Crippen molar-refractivity contribution >= 4 is 11.6 Å². The summed E-state index contributed by atoms with van der Waals surface area (Å²) in [5.41, 5.74) is 2.40. The van der Waals surface area contributed by atoms with Crippen molar-refractivity contribution in [2.45, 2.75) is 13.0 Å². The second-order valence-corrected chi connectivity index (χ2v) is 7.40. The second kappa shape index (κ2) is 10.0. The lowest BCUT2D eigenvalue weighted by atomic mass is 10.1. The normalized spacial score (nSPS) is 16.6. The summed E-state index contributed by atoms with van der Waals surface area (Å²) in [5.74, 6) is 3.11. The fraction of sp³-hybridized carbons (Fsp3) is 0.435. The number of aliphatic imine (C=N–C) groups is 1. The third-order valence-electron chi connectivity index (χ3n) is 5.43. The highest BCUT2D eigenvalue weighted by Crippen LogP contribution is 2.26. The Kier molecular flexibility index (Phi) is 7.22. The Balaban J connectivity index is 1.54. The number of rotatable bonds is 7. The van der Waals surface area contributed by atoms with E-state index in [0.717, 1.165) is 42.7 Å². The highest BCUT2D eigenvalue weighted by molar-refractivity contribution is 5.79. The van der Waals surface area contributed by atoms with Crippen LogP contribution in [0, 0.1) is 5.92 Å². The van der Waals surface area contributed by atoms with E-state index in [-0.39, 0.29) is 0 Å². The molecule has 1 heterocycles. The Hall–Kier alpha value is -2.89. The summed E-state index contributed by atoms with van der Waals surface area (Å²) in [6.07, 6.45) is 1.19. The van der Waals surface area contributed by atoms with Crippen LogP contribution in [0.3, 0.4) is 0 Å². The Morgan fingerprint density at radius 2 is 1.97 bits per heavy atom. The summed E-state index contributed by atoms with van der Waals surface area (Å²) in [5, 5.41) is 3.55. The summed E-state index contributed by atoms with van der Waals surface area (Å²) in [6, 6.07) is 16.5. The number of nitrogens with one attached hydrogen (secondary N) is 1. The third kappa shape index (κ3) is 5.34. The minimum absolute atomic E-state index is 0.607. The standard InChI is InChI=1S/C23H32N4O2/c1-24-23(26(2)17-19-10-11-21(28-3)14-22(19)29-4)25-15-18-12-13-27(16-18)20-8-6-5-7-9-20/h5-11,14,18H,12-13,15-17H2,1-4H3,(H,24,25). The van der Waals surface area contributed by atoms with E-state index in [1.807, 2.05) is 32.3 Å². The molecule has 6 nitrogen and oxygen atoms in total. The molecule has 2 aromatic rings. The van der Waals surface area contributed by atoms with Crippen LogP contribution in [-0.4, -0.2) is 58.8 Å². The second-order valence-electron chi connectivity index (χ2n) is 7.40. The average Bonchev–Trinajstić information content (AvgIpc) is 3.24. The topological polar surface area (TPSA) is 49.3 Å². The van der Waals surface area contributed by atoms with Gasteiger partial charge in [-0.05, 0) is 36.6 Å². The van der Waals surface area contributed by atoms with E-state index in [4.69, 9.17) is 9.47 Å². The molecule has 1 fully saturated rings. The van der Waals surface area contributed by atoms with Crippen LogP contribution in [0.25, 0.3) is 0 Å². The number of nitrogens with zero attached hydrogens (tertiary/aromatic N) is 3. The number of hydrogen-bond acceptors (Lipinski definition) is 4. The fourth-order valence-electron chi connectivity index (χ4n) is 3.81. The van der Waals surface area contributed by atoms with E-state index in [1.165, 1.54) is 12.1 Å². The molecule has 1 N–H and O–H groups in total. The van der Waals surface area contributed by atoms with Crippen LogP contribution < -0.4 is 19.7 Å². The number of para-hydroxylation sites is 1. The zero-order valence-corrected chi connectivity index (χ0v) is 17.9. The van der Waals surface area contributed by atoms with Crippen molar-refractivity contribution in [3.63, 3.8) is 0 Å². The molecule has 0 amide bonds. The minimum atomic E-state index is 0.607. The van der Waals surface area contributed by atoms with Gasteiger partial charge < -0.3 is 24.6 Å². The quantitative estimate of drug-likeness (QED) is 0.575. The Labute approximate surface area is 174 Å². The van der Waals surface area contributed by atoms with Crippen LogP contribution in [0.4, 0.5) is 5.69 Å². The van der Waals surface area contributed by atoms with Gasteiger partial charge in [-0.1, -0.05) is 18.2 Å². The van der Waals surface area contributed by atoms with Gasteiger partial charge in [0.05, 0.1) is 14.2 Å². The van der Waals surface area contributed by atoms with Gasteiger partial charge in [-0.2, -0.15) is 0 Å². The van der Waals surface area contributed by atoms with Crippen molar-refractivity contribution < 1.29 is 9.47 Å². The molecular weight excluding hydrogens is 364 g/mol. The number of guanidine groups is 1. The summed E-state index contributed by atoms with van der Waals surface area (Å²) in [4.78, 5) is 9.04. The first-order chi connectivity index (χ1) is 14.1. The average molecular weight is 397 g/mol. The molecule has 0 aromatic heterocycles. The number of methoxy groups -OCH3 is 2. The van der Waals surface area contributed by atoms with Gasteiger partial charge >= 0.3 is 0 Å². The van der Waals surface area contributed by atoms with Crippen LogP contribution in [0.2, 0.25) is 0 Å². The molecule has 29 heavy (non-hydrogen) atoms. The van der Waals surface area contributed by atoms with Crippen molar-refractivity contribution in [3.8, 4) is 11.5 Å². The first kappa shape index (κ1) is 20.8.